The van der Waals surface area contributed by atoms with Crippen molar-refractivity contribution in [3.05, 3.63) is 41.9 Å². The molecular weight excluding hydrogens is 328 g/mol. The molecule has 0 spiro atoms. The lowest BCUT2D eigenvalue weighted by molar-refractivity contribution is -0.139. The van der Waals surface area contributed by atoms with E-state index in [-0.39, 0.29) is 11.9 Å². The molecule has 0 bridgehead atoms. The number of likely N-dealkylation sites (tertiary alicyclic amines) is 1. The maximum absolute atomic E-state index is 12.5. The second-order valence-corrected chi connectivity index (χ2v) is 7.47. The molecule has 0 saturated carbocycles. The van der Waals surface area contributed by atoms with Gasteiger partial charge in [-0.25, -0.2) is 4.98 Å². The Morgan fingerprint density at radius 1 is 1.35 bits per heavy atom. The minimum absolute atomic E-state index is 0.0427. The number of amides is 1. The van der Waals surface area contributed by atoms with E-state index in [9.17, 15) is 4.79 Å². The summed E-state index contributed by atoms with van der Waals surface area (Å²) >= 11 is 0. The van der Waals surface area contributed by atoms with E-state index < -0.39 is 0 Å². The molecule has 6 heteroatoms. The van der Waals surface area contributed by atoms with E-state index in [1.807, 2.05) is 28.9 Å². The molecule has 26 heavy (non-hydrogen) atoms. The smallest absolute Gasteiger partial charge is 0.223 e. The van der Waals surface area contributed by atoms with Crippen molar-refractivity contribution in [1.82, 2.24) is 19.8 Å². The number of rotatable bonds is 5. The molecule has 6 nitrogen and oxygen atoms in total. The second-order valence-electron chi connectivity index (χ2n) is 7.47. The van der Waals surface area contributed by atoms with E-state index in [0.717, 1.165) is 50.4 Å². The molecule has 2 aliphatic rings. The van der Waals surface area contributed by atoms with Crippen molar-refractivity contribution in [2.24, 2.45) is 13.0 Å². The molecule has 3 heterocycles. The average molecular weight is 356 g/mol. The molecule has 1 fully saturated rings. The zero-order valence-corrected chi connectivity index (χ0v) is 15.6. The first-order chi connectivity index (χ1) is 12.7. The summed E-state index contributed by atoms with van der Waals surface area (Å²) in [5, 5.41) is 3.77. The molecule has 2 aromatic heterocycles. The van der Waals surface area contributed by atoms with Gasteiger partial charge in [-0.1, -0.05) is 0 Å². The van der Waals surface area contributed by atoms with Crippen molar-refractivity contribution in [3.8, 4) is 0 Å². The summed E-state index contributed by atoms with van der Waals surface area (Å²) in [7, 11) is 2.01. The first-order valence-electron chi connectivity index (χ1n) is 9.75. The van der Waals surface area contributed by atoms with Gasteiger partial charge in [0.1, 0.15) is 11.6 Å². The Hall–Kier alpha value is -2.08. The van der Waals surface area contributed by atoms with Gasteiger partial charge in [-0.2, -0.15) is 0 Å². The highest BCUT2D eigenvalue weighted by molar-refractivity contribution is 5.77. The maximum Gasteiger partial charge on any atom is 0.223 e. The fourth-order valence-corrected chi connectivity index (χ4v) is 4.61. The van der Waals surface area contributed by atoms with Crippen LogP contribution in [0.3, 0.4) is 0 Å². The molecule has 4 rings (SSSR count). The molecule has 140 valence electrons. The van der Waals surface area contributed by atoms with Crippen molar-refractivity contribution < 1.29 is 9.21 Å². The summed E-state index contributed by atoms with van der Waals surface area (Å²) in [4.78, 5) is 19.1. The van der Waals surface area contributed by atoms with Crippen LogP contribution in [0, 0.1) is 5.92 Å². The standard InChI is InChI=1S/C20H28N4O2/c1-3-24-18(25)8-7-14(19(24)20-21-10-11-23(20)2)13-22-16-5-4-6-17-15(16)9-12-26-17/h9-12,14,16,19,22H,3-8,13H2,1-2H3/t14-,16?,19+/m1/s1. The van der Waals surface area contributed by atoms with Crippen molar-refractivity contribution in [3.63, 3.8) is 0 Å². The first-order valence-corrected chi connectivity index (χ1v) is 9.75. The van der Waals surface area contributed by atoms with Crippen molar-refractivity contribution >= 4 is 5.91 Å². The summed E-state index contributed by atoms with van der Waals surface area (Å²) in [5.74, 6) is 2.72. The number of nitrogens with zero attached hydrogens (tertiary/aromatic N) is 3. The predicted molar refractivity (Wildman–Crippen MR) is 98.4 cm³/mol. The largest absolute Gasteiger partial charge is 0.469 e. The van der Waals surface area contributed by atoms with E-state index in [1.165, 1.54) is 5.56 Å². The summed E-state index contributed by atoms with van der Waals surface area (Å²) in [5.41, 5.74) is 1.31. The third-order valence-electron chi connectivity index (χ3n) is 5.97. The number of furan rings is 1. The molecule has 1 amide bonds. The number of fused-ring (bicyclic) bond motifs is 1. The van der Waals surface area contributed by atoms with E-state index in [0.29, 0.717) is 18.4 Å². The third kappa shape index (κ3) is 3.07. The third-order valence-corrected chi connectivity index (χ3v) is 5.97. The monoisotopic (exact) mass is 356 g/mol. The van der Waals surface area contributed by atoms with Crippen LogP contribution in [0.15, 0.2) is 29.1 Å². The minimum atomic E-state index is 0.0427. The molecule has 1 saturated heterocycles. The van der Waals surface area contributed by atoms with Crippen LogP contribution in [0.5, 0.6) is 0 Å². The fraction of sp³-hybridized carbons (Fsp3) is 0.600. The molecule has 1 N–H and O–H groups in total. The number of nitrogens with one attached hydrogen (secondary N) is 1. The minimum Gasteiger partial charge on any atom is -0.469 e. The van der Waals surface area contributed by atoms with Crippen LogP contribution in [-0.2, 0) is 18.3 Å². The summed E-state index contributed by atoms with van der Waals surface area (Å²) in [6.07, 6.45) is 10.5. The number of carbonyl (C=O) groups excluding carboxylic acids is 1. The topological polar surface area (TPSA) is 63.3 Å². The zero-order chi connectivity index (χ0) is 18.1. The van der Waals surface area contributed by atoms with Gasteiger partial charge in [0.25, 0.3) is 0 Å². The van der Waals surface area contributed by atoms with Crippen LogP contribution in [0.25, 0.3) is 0 Å². The quantitative estimate of drug-likeness (QED) is 0.895. The van der Waals surface area contributed by atoms with Crippen LogP contribution in [0.2, 0.25) is 0 Å². The van der Waals surface area contributed by atoms with E-state index in [2.05, 4.69) is 23.3 Å². The molecular formula is C20H28N4O2. The van der Waals surface area contributed by atoms with E-state index in [1.54, 1.807) is 6.26 Å². The van der Waals surface area contributed by atoms with Gasteiger partial charge in [-0.15, -0.1) is 0 Å². The molecule has 1 unspecified atom stereocenters. The van der Waals surface area contributed by atoms with Gasteiger partial charge in [0.15, 0.2) is 0 Å². The van der Waals surface area contributed by atoms with Crippen molar-refractivity contribution in [1.29, 1.82) is 0 Å². The highest BCUT2D eigenvalue weighted by atomic mass is 16.3. The number of hydrogen-bond acceptors (Lipinski definition) is 4. The number of aromatic nitrogens is 2. The second kappa shape index (κ2) is 7.27. The lowest BCUT2D eigenvalue weighted by atomic mass is 9.86. The molecule has 2 aromatic rings. The number of carbonyl (C=O) groups is 1. The molecule has 1 aliphatic heterocycles. The average Bonchev–Trinajstić information content (AvgIpc) is 3.29. The number of piperidine rings is 1. The van der Waals surface area contributed by atoms with Gasteiger partial charge >= 0.3 is 0 Å². The Kier molecular flexibility index (Phi) is 4.85. The van der Waals surface area contributed by atoms with E-state index in [4.69, 9.17) is 4.42 Å². The molecule has 1 aliphatic carbocycles. The Morgan fingerprint density at radius 3 is 3.00 bits per heavy atom. The lowest BCUT2D eigenvalue weighted by Crippen LogP contribution is -2.47. The Bertz CT molecular complexity index is 765. The fourth-order valence-electron chi connectivity index (χ4n) is 4.61. The van der Waals surface area contributed by atoms with Gasteiger partial charge in [0, 0.05) is 57.0 Å². The zero-order valence-electron chi connectivity index (χ0n) is 15.6. The van der Waals surface area contributed by atoms with Crippen molar-refractivity contribution in [2.45, 2.75) is 51.1 Å². The first kappa shape index (κ1) is 17.3. The maximum atomic E-state index is 12.5. The normalized spacial score (nSPS) is 26.2. The van der Waals surface area contributed by atoms with Crippen LogP contribution in [-0.4, -0.2) is 33.4 Å². The van der Waals surface area contributed by atoms with Gasteiger partial charge in [0.05, 0.1) is 12.3 Å². The Labute approximate surface area is 154 Å². The van der Waals surface area contributed by atoms with Gasteiger partial charge < -0.3 is 19.2 Å². The summed E-state index contributed by atoms with van der Waals surface area (Å²) in [6.45, 7) is 3.67. The highest BCUT2D eigenvalue weighted by Gasteiger charge is 2.38. The van der Waals surface area contributed by atoms with Crippen LogP contribution in [0.4, 0.5) is 0 Å². The SMILES string of the molecule is CCN1C(=O)CC[C@H](CNC2CCCc3occc32)[C@H]1c1nccn1C. The number of hydrogen-bond donors (Lipinski definition) is 1. The Morgan fingerprint density at radius 2 is 2.23 bits per heavy atom. The highest BCUT2D eigenvalue weighted by Crippen LogP contribution is 2.37. The lowest BCUT2D eigenvalue weighted by Gasteiger charge is -2.41. The number of aryl methyl sites for hydroxylation is 2. The predicted octanol–water partition coefficient (Wildman–Crippen LogP) is 2.98. The van der Waals surface area contributed by atoms with Gasteiger partial charge in [0.2, 0.25) is 5.91 Å². The van der Waals surface area contributed by atoms with Crippen LogP contribution < -0.4 is 5.32 Å². The molecule has 0 radical (unpaired) electrons. The van der Waals surface area contributed by atoms with Gasteiger partial charge in [-0.05, 0) is 38.2 Å². The van der Waals surface area contributed by atoms with Gasteiger partial charge in [-0.3, -0.25) is 4.79 Å². The van der Waals surface area contributed by atoms with Crippen molar-refractivity contribution in [2.75, 3.05) is 13.1 Å². The number of imidazole rings is 1. The Balaban J connectivity index is 1.53. The molecule has 3 atom stereocenters. The van der Waals surface area contributed by atoms with Crippen LogP contribution >= 0.6 is 0 Å². The summed E-state index contributed by atoms with van der Waals surface area (Å²) < 4.78 is 7.67. The van der Waals surface area contributed by atoms with E-state index >= 15 is 0 Å². The van der Waals surface area contributed by atoms with Crippen LogP contribution in [0.1, 0.15) is 61.8 Å². The molecule has 0 aromatic carbocycles. The summed E-state index contributed by atoms with van der Waals surface area (Å²) in [6, 6.07) is 2.50.